The van der Waals surface area contributed by atoms with Gasteiger partial charge in [-0.25, -0.2) is 4.79 Å². The molecule has 0 unspecified atom stereocenters. The van der Waals surface area contributed by atoms with Crippen LogP contribution in [0.3, 0.4) is 0 Å². The summed E-state index contributed by atoms with van der Waals surface area (Å²) in [5.74, 6) is -0.852. The molecule has 116 valence electrons. The van der Waals surface area contributed by atoms with Crippen LogP contribution >= 0.6 is 11.8 Å². The van der Waals surface area contributed by atoms with Crippen molar-refractivity contribution in [3.8, 4) is 0 Å². The van der Waals surface area contributed by atoms with Gasteiger partial charge in [-0.3, -0.25) is 9.59 Å². The average molecular weight is 308 g/mol. The second kappa shape index (κ2) is 10.5. The van der Waals surface area contributed by atoms with Crippen LogP contribution in [0.15, 0.2) is 0 Å². The van der Waals surface area contributed by atoms with Gasteiger partial charge in [0.15, 0.2) is 6.04 Å². The highest BCUT2D eigenvalue weighted by Crippen LogP contribution is 2.02. The molecule has 0 aromatic rings. The number of rotatable bonds is 9. The number of methoxy groups -OCH3 is 1. The fraction of sp³-hybridized carbons (Fsp3) is 0.727. The first-order valence-electron chi connectivity index (χ1n) is 5.88. The third-order valence-electron chi connectivity index (χ3n) is 2.15. The van der Waals surface area contributed by atoms with Gasteiger partial charge in [0.1, 0.15) is 6.61 Å². The van der Waals surface area contributed by atoms with Crippen molar-refractivity contribution in [3.05, 3.63) is 0 Å². The quantitative estimate of drug-likeness (QED) is 0.338. The molecule has 1 amide bonds. The molecule has 0 heterocycles. The number of nitrogens with two attached hydrogens (primary N) is 1. The van der Waals surface area contributed by atoms with E-state index in [1.807, 2.05) is 0 Å². The van der Waals surface area contributed by atoms with Crippen LogP contribution in [0, 0.1) is 0 Å². The number of aliphatic hydroxyl groups is 1. The minimum Gasteiger partial charge on any atom is -0.467 e. The summed E-state index contributed by atoms with van der Waals surface area (Å²) in [6.07, 6.45) is 0. The summed E-state index contributed by atoms with van der Waals surface area (Å²) in [6, 6.07) is -1.96. The first-order valence-corrected chi connectivity index (χ1v) is 7.03. The Morgan fingerprint density at radius 2 is 2.05 bits per heavy atom. The molecule has 0 fully saturated rings. The number of nitrogens with one attached hydrogen (secondary N) is 1. The maximum absolute atomic E-state index is 11.7. The highest BCUT2D eigenvalue weighted by Gasteiger charge is 2.23. The second-order valence-corrected chi connectivity index (χ2v) is 4.94. The van der Waals surface area contributed by atoms with Gasteiger partial charge in [0, 0.05) is 18.4 Å². The first-order chi connectivity index (χ1) is 9.42. The molecule has 0 saturated heterocycles. The van der Waals surface area contributed by atoms with Gasteiger partial charge >= 0.3 is 11.9 Å². The van der Waals surface area contributed by atoms with Gasteiger partial charge in [-0.1, -0.05) is 0 Å². The lowest BCUT2D eigenvalue weighted by Gasteiger charge is -2.17. The van der Waals surface area contributed by atoms with Gasteiger partial charge in [-0.2, -0.15) is 11.8 Å². The summed E-state index contributed by atoms with van der Waals surface area (Å²) in [5, 5.41) is 11.2. The van der Waals surface area contributed by atoms with Gasteiger partial charge < -0.3 is 25.6 Å². The molecule has 0 aliphatic heterocycles. The Morgan fingerprint density at radius 1 is 1.40 bits per heavy atom. The number of aliphatic hydroxyl groups excluding tert-OH is 1. The molecule has 9 heteroatoms. The largest absolute Gasteiger partial charge is 0.467 e. The van der Waals surface area contributed by atoms with E-state index in [1.54, 1.807) is 0 Å². The molecule has 20 heavy (non-hydrogen) atoms. The van der Waals surface area contributed by atoms with E-state index in [0.717, 1.165) is 7.11 Å². The summed E-state index contributed by atoms with van der Waals surface area (Å²) in [6.45, 7) is 0.992. The lowest BCUT2D eigenvalue weighted by atomic mass is 10.2. The van der Waals surface area contributed by atoms with Gasteiger partial charge in [0.25, 0.3) is 0 Å². The van der Waals surface area contributed by atoms with E-state index in [0.29, 0.717) is 11.5 Å². The molecule has 0 bridgehead atoms. The summed E-state index contributed by atoms with van der Waals surface area (Å²) in [5.41, 5.74) is 5.63. The van der Waals surface area contributed by atoms with Crippen molar-refractivity contribution in [1.29, 1.82) is 0 Å². The lowest BCUT2D eigenvalue weighted by Crippen LogP contribution is -2.51. The van der Waals surface area contributed by atoms with Crippen LogP contribution in [0.4, 0.5) is 0 Å². The smallest absolute Gasteiger partial charge is 0.330 e. The number of amides is 1. The van der Waals surface area contributed by atoms with Crippen LogP contribution in [0.25, 0.3) is 0 Å². The standard InChI is InChI=1S/C11H20N2O6S/c1-7(15)19-3-4-20-6-8(12)10(16)13-9(5-14)11(17)18-2/h8-9,14H,3-6,12H2,1-2H3,(H,13,16)/t8-,9-/m0/s1. The number of hydrogen-bond donors (Lipinski definition) is 3. The predicted molar refractivity (Wildman–Crippen MR) is 73.0 cm³/mol. The van der Waals surface area contributed by atoms with Crippen molar-refractivity contribution in [1.82, 2.24) is 5.32 Å². The number of thioether (sulfide) groups is 1. The van der Waals surface area contributed by atoms with E-state index in [4.69, 9.17) is 15.6 Å². The predicted octanol–water partition coefficient (Wildman–Crippen LogP) is -1.74. The maximum atomic E-state index is 11.7. The van der Waals surface area contributed by atoms with E-state index < -0.39 is 30.6 Å². The van der Waals surface area contributed by atoms with Crippen molar-refractivity contribution in [2.45, 2.75) is 19.0 Å². The van der Waals surface area contributed by atoms with E-state index in [-0.39, 0.29) is 12.6 Å². The highest BCUT2D eigenvalue weighted by atomic mass is 32.2. The average Bonchev–Trinajstić information content (AvgIpc) is 2.42. The fourth-order valence-electron chi connectivity index (χ4n) is 1.13. The first kappa shape index (κ1) is 18.7. The third-order valence-corrected chi connectivity index (χ3v) is 3.20. The molecular formula is C11H20N2O6S. The molecule has 0 radical (unpaired) electrons. The van der Waals surface area contributed by atoms with E-state index >= 15 is 0 Å². The molecule has 0 spiro atoms. The van der Waals surface area contributed by atoms with Crippen LogP contribution < -0.4 is 11.1 Å². The molecule has 0 aromatic heterocycles. The number of carbonyl (C=O) groups is 3. The Morgan fingerprint density at radius 3 is 2.55 bits per heavy atom. The summed E-state index contributed by atoms with van der Waals surface area (Å²) in [4.78, 5) is 33.3. The SMILES string of the molecule is COC(=O)[C@H](CO)NC(=O)[C@@H](N)CSCCOC(C)=O. The molecule has 8 nitrogen and oxygen atoms in total. The van der Waals surface area contributed by atoms with Crippen LogP contribution in [-0.4, -0.2) is 66.9 Å². The van der Waals surface area contributed by atoms with Gasteiger partial charge in [-0.15, -0.1) is 0 Å². The van der Waals surface area contributed by atoms with Gasteiger partial charge in [0.2, 0.25) is 5.91 Å². The lowest BCUT2D eigenvalue weighted by molar-refractivity contribution is -0.146. The Hall–Kier alpha value is -1.32. The zero-order valence-corrected chi connectivity index (χ0v) is 12.3. The van der Waals surface area contributed by atoms with E-state index in [2.05, 4.69) is 10.1 Å². The van der Waals surface area contributed by atoms with Crippen LogP contribution in [0.2, 0.25) is 0 Å². The Kier molecular flexibility index (Phi) is 9.77. The number of hydrogen-bond acceptors (Lipinski definition) is 8. The Bertz CT molecular complexity index is 339. The molecule has 0 aromatic carbocycles. The Balaban J connectivity index is 3.96. The van der Waals surface area contributed by atoms with Crippen molar-refractivity contribution in [2.24, 2.45) is 5.73 Å². The van der Waals surface area contributed by atoms with Crippen LogP contribution in [-0.2, 0) is 23.9 Å². The van der Waals surface area contributed by atoms with E-state index in [1.165, 1.54) is 18.7 Å². The molecule has 2 atom stereocenters. The third kappa shape index (κ3) is 7.97. The molecule has 0 aliphatic carbocycles. The summed E-state index contributed by atoms with van der Waals surface area (Å²) in [7, 11) is 1.15. The van der Waals surface area contributed by atoms with Crippen molar-refractivity contribution in [2.75, 3.05) is 31.8 Å². The minimum atomic E-state index is -1.12. The van der Waals surface area contributed by atoms with Crippen LogP contribution in [0.1, 0.15) is 6.92 Å². The second-order valence-electron chi connectivity index (χ2n) is 3.79. The normalized spacial score (nSPS) is 13.2. The van der Waals surface area contributed by atoms with Gasteiger partial charge in [-0.05, 0) is 0 Å². The molecule has 4 N–H and O–H groups in total. The van der Waals surface area contributed by atoms with Crippen LogP contribution in [0.5, 0.6) is 0 Å². The van der Waals surface area contributed by atoms with Gasteiger partial charge in [0.05, 0.1) is 19.8 Å². The van der Waals surface area contributed by atoms with Crippen molar-refractivity contribution in [3.63, 3.8) is 0 Å². The van der Waals surface area contributed by atoms with E-state index in [9.17, 15) is 14.4 Å². The number of carbonyl (C=O) groups excluding carboxylic acids is 3. The molecular weight excluding hydrogens is 288 g/mol. The summed E-state index contributed by atoms with van der Waals surface area (Å²) >= 11 is 1.34. The minimum absolute atomic E-state index is 0.246. The maximum Gasteiger partial charge on any atom is 0.330 e. The molecule has 0 aliphatic rings. The molecule has 0 saturated carbocycles. The zero-order valence-electron chi connectivity index (χ0n) is 11.5. The zero-order chi connectivity index (χ0) is 15.5. The topological polar surface area (TPSA) is 128 Å². The Labute approximate surface area is 121 Å². The summed E-state index contributed by atoms with van der Waals surface area (Å²) < 4.78 is 9.13. The highest BCUT2D eigenvalue weighted by molar-refractivity contribution is 7.99. The molecule has 0 rings (SSSR count). The van der Waals surface area contributed by atoms with Crippen molar-refractivity contribution < 1.29 is 29.0 Å². The fourth-order valence-corrected chi connectivity index (χ4v) is 1.90. The monoisotopic (exact) mass is 308 g/mol. The van der Waals surface area contributed by atoms with Crippen molar-refractivity contribution >= 4 is 29.6 Å². The number of ether oxygens (including phenoxy) is 2. The number of esters is 2.